The number of benzene rings is 1. The van der Waals surface area contributed by atoms with Gasteiger partial charge in [0, 0.05) is 62.2 Å². The minimum absolute atomic E-state index is 0.692. The van der Waals surface area contributed by atoms with E-state index in [1.807, 2.05) is 17.9 Å². The first kappa shape index (κ1) is 18.0. The first-order chi connectivity index (χ1) is 13.8. The lowest BCUT2D eigenvalue weighted by Gasteiger charge is -2.42. The number of anilines is 1. The Morgan fingerprint density at radius 2 is 1.86 bits per heavy atom. The number of morpholine rings is 1. The number of hydrogen-bond acceptors (Lipinski definition) is 5. The predicted octanol–water partition coefficient (Wildman–Crippen LogP) is 2.71. The molecule has 0 aliphatic carbocycles. The number of ether oxygens (including phenoxy) is 2. The molecule has 3 aliphatic heterocycles. The molecule has 28 heavy (non-hydrogen) atoms. The summed E-state index contributed by atoms with van der Waals surface area (Å²) in [6.07, 6.45) is 8.74. The van der Waals surface area contributed by atoms with Gasteiger partial charge in [-0.1, -0.05) is 0 Å². The van der Waals surface area contributed by atoms with Crippen molar-refractivity contribution in [3.8, 4) is 16.9 Å². The highest BCUT2D eigenvalue weighted by atomic mass is 16.5. The number of aromatic nitrogens is 2. The molecule has 6 heteroatoms. The topological polar surface area (TPSA) is 42.8 Å². The van der Waals surface area contributed by atoms with Crippen LogP contribution in [-0.2, 0) is 18.2 Å². The Labute approximate surface area is 167 Å². The molecule has 0 N–H and O–H groups in total. The molecule has 5 rings (SSSR count). The quantitative estimate of drug-likeness (QED) is 0.817. The minimum Gasteiger partial charge on any atom is -0.493 e. The van der Waals surface area contributed by atoms with Gasteiger partial charge in [0.15, 0.2) is 0 Å². The van der Waals surface area contributed by atoms with Crippen molar-refractivity contribution in [1.29, 1.82) is 0 Å². The Bertz CT molecular complexity index is 820. The van der Waals surface area contributed by atoms with E-state index < -0.39 is 0 Å². The summed E-state index contributed by atoms with van der Waals surface area (Å²) in [6.45, 7) is 6.97. The second-order valence-corrected chi connectivity index (χ2v) is 8.16. The van der Waals surface area contributed by atoms with Gasteiger partial charge in [-0.3, -0.25) is 9.58 Å². The van der Waals surface area contributed by atoms with Gasteiger partial charge in [0.1, 0.15) is 5.75 Å². The number of piperidine rings is 1. The van der Waals surface area contributed by atoms with E-state index in [1.165, 1.54) is 35.2 Å². The number of rotatable bonds is 3. The van der Waals surface area contributed by atoms with Crippen LogP contribution < -0.4 is 9.64 Å². The van der Waals surface area contributed by atoms with Gasteiger partial charge in [-0.2, -0.15) is 5.10 Å². The van der Waals surface area contributed by atoms with Crippen LogP contribution in [0.3, 0.4) is 0 Å². The monoisotopic (exact) mass is 382 g/mol. The zero-order valence-electron chi connectivity index (χ0n) is 16.8. The van der Waals surface area contributed by atoms with Crippen LogP contribution in [0.25, 0.3) is 11.1 Å². The molecule has 4 heterocycles. The fraction of sp³-hybridized carbons (Fsp3) is 0.591. The SMILES string of the molecule is Cn1cc(-c2ccc3c(c2N2CCC(N4CCOCC4)CC2)CCCO3)cn1. The molecule has 0 bridgehead atoms. The predicted molar refractivity (Wildman–Crippen MR) is 110 cm³/mol. The molecule has 2 aromatic rings. The van der Waals surface area contributed by atoms with Crippen molar-refractivity contribution in [2.45, 2.75) is 31.7 Å². The highest BCUT2D eigenvalue weighted by Crippen LogP contribution is 2.42. The van der Waals surface area contributed by atoms with Crippen LogP contribution >= 0.6 is 0 Å². The maximum atomic E-state index is 6.00. The molecule has 2 saturated heterocycles. The van der Waals surface area contributed by atoms with Crippen LogP contribution in [0.5, 0.6) is 5.75 Å². The summed E-state index contributed by atoms with van der Waals surface area (Å²) in [4.78, 5) is 5.24. The molecule has 0 spiro atoms. The van der Waals surface area contributed by atoms with Crippen molar-refractivity contribution in [3.63, 3.8) is 0 Å². The third-order valence-corrected chi connectivity index (χ3v) is 6.43. The molecular weight excluding hydrogens is 352 g/mol. The van der Waals surface area contributed by atoms with E-state index >= 15 is 0 Å². The number of aryl methyl sites for hydroxylation is 1. The maximum Gasteiger partial charge on any atom is 0.124 e. The lowest BCUT2D eigenvalue weighted by Crippen LogP contribution is -2.49. The summed E-state index contributed by atoms with van der Waals surface area (Å²) in [5.74, 6) is 1.07. The van der Waals surface area contributed by atoms with E-state index in [9.17, 15) is 0 Å². The molecule has 1 aromatic heterocycles. The van der Waals surface area contributed by atoms with Gasteiger partial charge in [0.2, 0.25) is 0 Å². The minimum atomic E-state index is 0.692. The maximum absolute atomic E-state index is 6.00. The summed E-state index contributed by atoms with van der Waals surface area (Å²) in [6, 6.07) is 5.07. The highest BCUT2D eigenvalue weighted by molar-refractivity contribution is 5.82. The molecule has 150 valence electrons. The van der Waals surface area contributed by atoms with E-state index in [0.29, 0.717) is 6.04 Å². The van der Waals surface area contributed by atoms with Crippen molar-refractivity contribution in [3.05, 3.63) is 30.1 Å². The zero-order chi connectivity index (χ0) is 18.9. The molecule has 0 atom stereocenters. The number of fused-ring (bicyclic) bond motifs is 1. The third kappa shape index (κ3) is 3.40. The van der Waals surface area contributed by atoms with Gasteiger partial charge < -0.3 is 14.4 Å². The van der Waals surface area contributed by atoms with Crippen LogP contribution in [0, 0.1) is 0 Å². The van der Waals surface area contributed by atoms with E-state index in [-0.39, 0.29) is 0 Å². The van der Waals surface area contributed by atoms with Crippen LogP contribution in [0.4, 0.5) is 5.69 Å². The van der Waals surface area contributed by atoms with Crippen molar-refractivity contribution in [2.24, 2.45) is 7.05 Å². The molecule has 0 amide bonds. The molecular formula is C22H30N4O2. The smallest absolute Gasteiger partial charge is 0.124 e. The second kappa shape index (κ2) is 7.76. The molecule has 6 nitrogen and oxygen atoms in total. The first-order valence-corrected chi connectivity index (χ1v) is 10.6. The lowest BCUT2D eigenvalue weighted by atomic mass is 9.94. The van der Waals surface area contributed by atoms with Gasteiger partial charge in [-0.05, 0) is 37.8 Å². The van der Waals surface area contributed by atoms with Gasteiger partial charge in [-0.15, -0.1) is 0 Å². The molecule has 2 fully saturated rings. The molecule has 3 aliphatic rings. The normalized spacial score (nSPS) is 21.4. The van der Waals surface area contributed by atoms with Crippen LogP contribution in [0.2, 0.25) is 0 Å². The van der Waals surface area contributed by atoms with Crippen LogP contribution in [0.15, 0.2) is 24.5 Å². The Kier molecular flexibility index (Phi) is 4.99. The standard InChI is InChI=1S/C22H30N4O2/c1-24-16-17(15-23-24)19-4-5-21-20(3-2-12-28-21)22(19)26-8-6-18(7-9-26)25-10-13-27-14-11-25/h4-5,15-16,18H,2-3,6-14H2,1H3. The summed E-state index contributed by atoms with van der Waals surface area (Å²) in [5, 5.41) is 4.41. The van der Waals surface area contributed by atoms with E-state index in [4.69, 9.17) is 9.47 Å². The fourth-order valence-corrected chi connectivity index (χ4v) is 4.98. The zero-order valence-corrected chi connectivity index (χ0v) is 16.8. The summed E-state index contributed by atoms with van der Waals surface area (Å²) in [7, 11) is 1.98. The van der Waals surface area contributed by atoms with E-state index in [1.54, 1.807) is 0 Å². The van der Waals surface area contributed by atoms with Gasteiger partial charge in [-0.25, -0.2) is 0 Å². The van der Waals surface area contributed by atoms with Crippen molar-refractivity contribution < 1.29 is 9.47 Å². The summed E-state index contributed by atoms with van der Waals surface area (Å²) in [5.41, 5.74) is 5.26. The highest BCUT2D eigenvalue weighted by Gasteiger charge is 2.29. The van der Waals surface area contributed by atoms with Crippen molar-refractivity contribution >= 4 is 5.69 Å². The van der Waals surface area contributed by atoms with Crippen LogP contribution in [0.1, 0.15) is 24.8 Å². The number of hydrogen-bond donors (Lipinski definition) is 0. The van der Waals surface area contributed by atoms with Crippen LogP contribution in [-0.4, -0.2) is 66.7 Å². The molecule has 1 aromatic carbocycles. The average Bonchev–Trinajstić information content (AvgIpc) is 3.20. The van der Waals surface area contributed by atoms with Gasteiger partial charge >= 0.3 is 0 Å². The van der Waals surface area contributed by atoms with E-state index in [0.717, 1.165) is 64.6 Å². The Morgan fingerprint density at radius 3 is 2.61 bits per heavy atom. The summed E-state index contributed by atoms with van der Waals surface area (Å²) >= 11 is 0. The fourth-order valence-electron chi connectivity index (χ4n) is 4.98. The number of nitrogens with zero attached hydrogens (tertiary/aromatic N) is 4. The molecule has 0 saturated carbocycles. The van der Waals surface area contributed by atoms with E-state index in [2.05, 4.69) is 33.2 Å². The molecule has 0 unspecified atom stereocenters. The molecule has 0 radical (unpaired) electrons. The van der Waals surface area contributed by atoms with Crippen molar-refractivity contribution in [1.82, 2.24) is 14.7 Å². The second-order valence-electron chi connectivity index (χ2n) is 8.16. The third-order valence-electron chi connectivity index (χ3n) is 6.43. The van der Waals surface area contributed by atoms with Crippen molar-refractivity contribution in [2.75, 3.05) is 50.9 Å². The Morgan fingerprint density at radius 1 is 1.04 bits per heavy atom. The first-order valence-electron chi connectivity index (χ1n) is 10.6. The average molecular weight is 383 g/mol. The lowest BCUT2D eigenvalue weighted by molar-refractivity contribution is 0.0115. The largest absolute Gasteiger partial charge is 0.493 e. The van der Waals surface area contributed by atoms with Gasteiger partial charge in [0.05, 0.1) is 31.7 Å². The summed E-state index contributed by atoms with van der Waals surface area (Å²) < 4.78 is 13.4. The van der Waals surface area contributed by atoms with Gasteiger partial charge in [0.25, 0.3) is 0 Å². The Hall–Kier alpha value is -2.05. The Balaban J connectivity index is 1.43.